The Hall–Kier alpha value is -0.820. The summed E-state index contributed by atoms with van der Waals surface area (Å²) >= 11 is 2.99. The van der Waals surface area contributed by atoms with Gasteiger partial charge in [0.1, 0.15) is 0 Å². The first-order chi connectivity index (χ1) is 9.20. The zero-order chi connectivity index (χ0) is 13.7. The number of carbonyl (C=O) groups is 1. The summed E-state index contributed by atoms with van der Waals surface area (Å²) in [6, 6.07) is 0. The summed E-state index contributed by atoms with van der Waals surface area (Å²) in [6.45, 7) is 3.77. The predicted octanol–water partition coefficient (Wildman–Crippen LogP) is 2.46. The van der Waals surface area contributed by atoms with Crippen LogP contribution in [-0.4, -0.2) is 46.4 Å². The van der Waals surface area contributed by atoms with Gasteiger partial charge in [0.2, 0.25) is 11.0 Å². The molecule has 0 radical (unpaired) electrons. The molecule has 0 saturated carbocycles. The van der Waals surface area contributed by atoms with Crippen LogP contribution in [0.4, 0.5) is 5.13 Å². The van der Waals surface area contributed by atoms with Crippen molar-refractivity contribution in [1.29, 1.82) is 0 Å². The van der Waals surface area contributed by atoms with Crippen molar-refractivity contribution in [1.82, 2.24) is 15.1 Å². The highest BCUT2D eigenvalue weighted by Crippen LogP contribution is 2.29. The number of rotatable bonds is 4. The monoisotopic (exact) mass is 300 g/mol. The topological polar surface area (TPSA) is 58.1 Å². The van der Waals surface area contributed by atoms with E-state index in [1.54, 1.807) is 0 Å². The lowest BCUT2D eigenvalue weighted by atomic mass is 10.2. The Balaban J connectivity index is 1.90. The van der Waals surface area contributed by atoms with E-state index in [4.69, 9.17) is 0 Å². The van der Waals surface area contributed by atoms with Gasteiger partial charge < -0.3 is 10.2 Å². The van der Waals surface area contributed by atoms with Crippen molar-refractivity contribution in [3.05, 3.63) is 0 Å². The van der Waals surface area contributed by atoms with Crippen molar-refractivity contribution in [3.8, 4) is 0 Å². The molecule has 1 aromatic heterocycles. The molecule has 7 heteroatoms. The van der Waals surface area contributed by atoms with E-state index in [0.717, 1.165) is 35.4 Å². The zero-order valence-corrected chi connectivity index (χ0v) is 13.0. The Labute approximate surface area is 122 Å². The molecular formula is C12H20N4OS2. The normalized spacial score (nSPS) is 17.9. The SMILES string of the molecule is CNc1nnc(S[C@@H](C)C(=O)N2CCCCCC2)s1. The van der Waals surface area contributed by atoms with E-state index in [9.17, 15) is 4.79 Å². The van der Waals surface area contributed by atoms with Crippen molar-refractivity contribution in [2.45, 2.75) is 42.2 Å². The molecule has 0 aliphatic carbocycles. The van der Waals surface area contributed by atoms with Crippen LogP contribution in [0.25, 0.3) is 0 Å². The molecule has 0 bridgehead atoms. The number of nitrogens with one attached hydrogen (secondary N) is 1. The Morgan fingerprint density at radius 3 is 2.58 bits per heavy atom. The van der Waals surface area contributed by atoms with Crippen LogP contribution in [0.15, 0.2) is 4.34 Å². The summed E-state index contributed by atoms with van der Waals surface area (Å²) in [5.74, 6) is 0.230. The molecule has 1 N–H and O–H groups in total. The quantitative estimate of drug-likeness (QED) is 0.866. The molecule has 1 saturated heterocycles. The fourth-order valence-electron chi connectivity index (χ4n) is 2.11. The second-order valence-corrected chi connectivity index (χ2v) is 7.19. The fourth-order valence-corrected chi connectivity index (χ4v) is 4.04. The lowest BCUT2D eigenvalue weighted by Crippen LogP contribution is -2.37. The first kappa shape index (κ1) is 14.6. The summed E-state index contributed by atoms with van der Waals surface area (Å²) in [5.41, 5.74) is 0. The molecule has 0 unspecified atom stereocenters. The Morgan fingerprint density at radius 2 is 2.00 bits per heavy atom. The number of hydrogen-bond donors (Lipinski definition) is 1. The lowest BCUT2D eigenvalue weighted by molar-refractivity contribution is -0.130. The van der Waals surface area contributed by atoms with Gasteiger partial charge in [-0.25, -0.2) is 0 Å². The number of hydrogen-bond acceptors (Lipinski definition) is 6. The highest BCUT2D eigenvalue weighted by Gasteiger charge is 2.23. The fraction of sp³-hybridized carbons (Fsp3) is 0.750. The number of thioether (sulfide) groups is 1. The molecule has 106 valence electrons. The molecule has 1 aliphatic heterocycles. The van der Waals surface area contributed by atoms with Crippen LogP contribution in [0.5, 0.6) is 0 Å². The summed E-state index contributed by atoms with van der Waals surface area (Å²) in [4.78, 5) is 14.4. The van der Waals surface area contributed by atoms with Crippen LogP contribution >= 0.6 is 23.1 Å². The number of aromatic nitrogens is 2. The molecule has 1 fully saturated rings. The third kappa shape index (κ3) is 4.07. The van der Waals surface area contributed by atoms with E-state index in [1.165, 1.54) is 35.9 Å². The molecule has 2 heterocycles. The third-order valence-electron chi connectivity index (χ3n) is 3.16. The van der Waals surface area contributed by atoms with Crippen LogP contribution in [-0.2, 0) is 4.79 Å². The van der Waals surface area contributed by atoms with E-state index >= 15 is 0 Å². The molecule has 0 spiro atoms. The van der Waals surface area contributed by atoms with Crippen molar-refractivity contribution >= 4 is 34.1 Å². The van der Waals surface area contributed by atoms with E-state index in [1.807, 2.05) is 18.9 Å². The second kappa shape index (κ2) is 7.09. The smallest absolute Gasteiger partial charge is 0.235 e. The number of anilines is 1. The average Bonchev–Trinajstić information content (AvgIpc) is 2.70. The highest BCUT2D eigenvalue weighted by atomic mass is 32.2. The summed E-state index contributed by atoms with van der Waals surface area (Å²) in [7, 11) is 1.82. The first-order valence-electron chi connectivity index (χ1n) is 6.67. The van der Waals surface area contributed by atoms with Gasteiger partial charge >= 0.3 is 0 Å². The zero-order valence-electron chi connectivity index (χ0n) is 11.4. The van der Waals surface area contributed by atoms with Crippen LogP contribution in [0.3, 0.4) is 0 Å². The van der Waals surface area contributed by atoms with Gasteiger partial charge in [-0.3, -0.25) is 4.79 Å². The largest absolute Gasteiger partial charge is 0.363 e. The Kier molecular flexibility index (Phi) is 5.45. The maximum atomic E-state index is 12.4. The maximum Gasteiger partial charge on any atom is 0.235 e. The van der Waals surface area contributed by atoms with Crippen molar-refractivity contribution in [2.24, 2.45) is 0 Å². The van der Waals surface area contributed by atoms with Gasteiger partial charge in [0.05, 0.1) is 5.25 Å². The molecule has 19 heavy (non-hydrogen) atoms. The van der Waals surface area contributed by atoms with E-state index in [2.05, 4.69) is 15.5 Å². The van der Waals surface area contributed by atoms with Crippen molar-refractivity contribution < 1.29 is 4.79 Å². The lowest BCUT2D eigenvalue weighted by Gasteiger charge is -2.23. The predicted molar refractivity (Wildman–Crippen MR) is 79.8 cm³/mol. The third-order valence-corrected chi connectivity index (χ3v) is 5.28. The van der Waals surface area contributed by atoms with Gasteiger partial charge in [0, 0.05) is 20.1 Å². The molecule has 1 atom stereocenters. The van der Waals surface area contributed by atoms with Crippen molar-refractivity contribution in [2.75, 3.05) is 25.5 Å². The molecule has 1 amide bonds. The van der Waals surface area contributed by atoms with Crippen molar-refractivity contribution in [3.63, 3.8) is 0 Å². The molecule has 1 aliphatic rings. The van der Waals surface area contributed by atoms with Crippen LogP contribution in [0, 0.1) is 0 Å². The van der Waals surface area contributed by atoms with E-state index < -0.39 is 0 Å². The van der Waals surface area contributed by atoms with E-state index in [0.29, 0.717) is 0 Å². The summed E-state index contributed by atoms with van der Waals surface area (Å²) in [5, 5.41) is 11.7. The summed E-state index contributed by atoms with van der Waals surface area (Å²) < 4.78 is 0.847. The van der Waals surface area contributed by atoms with Gasteiger partial charge in [-0.05, 0) is 19.8 Å². The van der Waals surface area contributed by atoms with Gasteiger partial charge in [0.15, 0.2) is 4.34 Å². The van der Waals surface area contributed by atoms with E-state index in [-0.39, 0.29) is 11.2 Å². The van der Waals surface area contributed by atoms with Gasteiger partial charge in [-0.1, -0.05) is 35.9 Å². The van der Waals surface area contributed by atoms with Gasteiger partial charge in [-0.2, -0.15) is 0 Å². The minimum absolute atomic E-state index is 0.0873. The van der Waals surface area contributed by atoms with Gasteiger partial charge in [-0.15, -0.1) is 10.2 Å². The number of carbonyl (C=O) groups excluding carboxylic acids is 1. The molecule has 1 aromatic rings. The highest BCUT2D eigenvalue weighted by molar-refractivity contribution is 8.02. The Morgan fingerprint density at radius 1 is 1.32 bits per heavy atom. The number of amides is 1. The summed E-state index contributed by atoms with van der Waals surface area (Å²) in [6.07, 6.45) is 4.75. The number of nitrogens with zero attached hydrogens (tertiary/aromatic N) is 3. The van der Waals surface area contributed by atoms with Gasteiger partial charge in [0.25, 0.3) is 0 Å². The standard InChI is InChI=1S/C12H20N4OS2/c1-9(18-12-15-14-11(13-2)19-12)10(17)16-7-5-3-4-6-8-16/h9H,3-8H2,1-2H3,(H,13,14)/t9-/m0/s1. The molecule has 2 rings (SSSR count). The molecule has 5 nitrogen and oxygen atoms in total. The second-order valence-electron chi connectivity index (χ2n) is 4.62. The molecule has 0 aromatic carbocycles. The first-order valence-corrected chi connectivity index (χ1v) is 8.37. The van der Waals surface area contributed by atoms with Crippen LogP contribution in [0.1, 0.15) is 32.6 Å². The average molecular weight is 300 g/mol. The number of likely N-dealkylation sites (tertiary alicyclic amines) is 1. The maximum absolute atomic E-state index is 12.4. The Bertz CT molecular complexity index is 416. The van der Waals surface area contributed by atoms with Crippen LogP contribution < -0.4 is 5.32 Å². The minimum atomic E-state index is -0.0873. The van der Waals surface area contributed by atoms with Crippen LogP contribution in [0.2, 0.25) is 0 Å². The minimum Gasteiger partial charge on any atom is -0.363 e. The molecular weight excluding hydrogens is 280 g/mol.